The minimum Gasteiger partial charge on any atom is -0.383 e. The van der Waals surface area contributed by atoms with E-state index in [2.05, 4.69) is 37.2 Å². The van der Waals surface area contributed by atoms with Crippen molar-refractivity contribution in [2.75, 3.05) is 11.1 Å². The predicted molar refractivity (Wildman–Crippen MR) is 114 cm³/mol. The average molecular weight is 404 g/mol. The molecule has 5 heterocycles. The van der Waals surface area contributed by atoms with Gasteiger partial charge in [-0.15, -0.1) is 11.3 Å². The Morgan fingerprint density at radius 1 is 1.14 bits per heavy atom. The zero-order valence-electron chi connectivity index (χ0n) is 16.1. The van der Waals surface area contributed by atoms with Crippen molar-refractivity contribution < 1.29 is 4.79 Å². The number of carbonyl (C=O) groups excluding carboxylic acids is 1. The van der Waals surface area contributed by atoms with E-state index in [4.69, 9.17) is 10.7 Å². The van der Waals surface area contributed by atoms with E-state index < -0.39 is 5.41 Å². The maximum Gasteiger partial charge on any atom is 0.235 e. The van der Waals surface area contributed by atoms with Gasteiger partial charge in [0.2, 0.25) is 5.91 Å². The molecule has 3 N–H and O–H groups in total. The predicted octanol–water partition coefficient (Wildman–Crippen LogP) is 3.45. The van der Waals surface area contributed by atoms with Gasteiger partial charge in [-0.2, -0.15) is 0 Å². The number of aromatic nitrogens is 4. The van der Waals surface area contributed by atoms with Gasteiger partial charge in [-0.1, -0.05) is 12.1 Å². The number of nitrogen functional groups attached to an aromatic ring is 1. The maximum atomic E-state index is 12.3. The number of hydrogen-bond donors (Lipinski definition) is 2. The minimum absolute atomic E-state index is 0.128. The number of hydrogen-bond acceptors (Lipinski definition) is 6. The van der Waals surface area contributed by atoms with Crippen LogP contribution < -0.4 is 11.1 Å². The molecule has 8 heteroatoms. The van der Waals surface area contributed by atoms with Crippen LogP contribution in [0.1, 0.15) is 30.1 Å². The van der Waals surface area contributed by atoms with Crippen LogP contribution in [0.4, 0.5) is 11.6 Å². The van der Waals surface area contributed by atoms with Crippen molar-refractivity contribution in [2.24, 2.45) is 0 Å². The number of anilines is 2. The fourth-order valence-corrected chi connectivity index (χ4v) is 4.51. The van der Waals surface area contributed by atoms with Crippen LogP contribution in [0, 0.1) is 0 Å². The van der Waals surface area contributed by atoms with E-state index in [1.54, 1.807) is 11.3 Å². The summed E-state index contributed by atoms with van der Waals surface area (Å²) in [5, 5.41) is 4.92. The van der Waals surface area contributed by atoms with E-state index in [9.17, 15) is 4.79 Å². The van der Waals surface area contributed by atoms with Gasteiger partial charge in [0.1, 0.15) is 23.2 Å². The van der Waals surface area contributed by atoms with Crippen molar-refractivity contribution in [2.45, 2.75) is 32.1 Å². The molecule has 0 fully saturated rings. The first kappa shape index (κ1) is 17.8. The number of rotatable bonds is 4. The van der Waals surface area contributed by atoms with Crippen LogP contribution in [0.3, 0.4) is 0 Å². The third-order valence-electron chi connectivity index (χ3n) is 5.37. The number of fused-ring (bicyclic) bond motifs is 2. The molecule has 1 aliphatic heterocycles. The van der Waals surface area contributed by atoms with Gasteiger partial charge < -0.3 is 15.5 Å². The molecule has 146 valence electrons. The summed E-state index contributed by atoms with van der Waals surface area (Å²) in [6.07, 6.45) is 3.72. The molecule has 4 aromatic rings. The second kappa shape index (κ2) is 6.38. The summed E-state index contributed by atoms with van der Waals surface area (Å²) in [6, 6.07) is 10.1. The Balaban J connectivity index is 1.60. The van der Waals surface area contributed by atoms with Gasteiger partial charge in [-0.25, -0.2) is 15.0 Å². The largest absolute Gasteiger partial charge is 0.383 e. The number of nitrogens with zero attached hydrogens (tertiary/aromatic N) is 4. The smallest absolute Gasteiger partial charge is 0.235 e. The molecule has 0 atom stereocenters. The molecule has 1 aliphatic rings. The van der Waals surface area contributed by atoms with E-state index in [1.165, 1.54) is 4.88 Å². The number of pyridine rings is 1. The van der Waals surface area contributed by atoms with Crippen LogP contribution >= 0.6 is 11.3 Å². The summed E-state index contributed by atoms with van der Waals surface area (Å²) in [5.41, 5.74) is 7.72. The SMILES string of the molecule is CC1(C)C(=O)Nc2nc(-c3nc(CCc4cccs4)n4ccccc34)nc(N)c21. The van der Waals surface area contributed by atoms with Crippen LogP contribution in [0.15, 0.2) is 41.9 Å². The Hall–Kier alpha value is -3.26. The fourth-order valence-electron chi connectivity index (χ4n) is 3.80. The van der Waals surface area contributed by atoms with Crippen molar-refractivity contribution in [3.8, 4) is 11.5 Å². The third kappa shape index (κ3) is 2.79. The zero-order valence-corrected chi connectivity index (χ0v) is 17.0. The van der Waals surface area contributed by atoms with E-state index in [0.717, 1.165) is 24.2 Å². The molecule has 0 spiro atoms. The Morgan fingerprint density at radius 3 is 2.79 bits per heavy atom. The molecule has 0 saturated heterocycles. The average Bonchev–Trinajstić information content (AvgIpc) is 3.38. The molecule has 0 unspecified atom stereocenters. The first-order valence-corrected chi connectivity index (χ1v) is 10.3. The first-order valence-electron chi connectivity index (χ1n) is 9.43. The van der Waals surface area contributed by atoms with Crippen molar-refractivity contribution in [3.63, 3.8) is 0 Å². The number of carbonyl (C=O) groups is 1. The van der Waals surface area contributed by atoms with Crippen LogP contribution in [-0.2, 0) is 23.1 Å². The van der Waals surface area contributed by atoms with E-state index >= 15 is 0 Å². The fraction of sp³-hybridized carbons (Fsp3) is 0.238. The van der Waals surface area contributed by atoms with E-state index in [-0.39, 0.29) is 5.91 Å². The number of amides is 1. The van der Waals surface area contributed by atoms with Crippen molar-refractivity contribution in [1.29, 1.82) is 0 Å². The second-order valence-corrected chi connectivity index (χ2v) is 8.68. The highest BCUT2D eigenvalue weighted by Gasteiger charge is 2.42. The van der Waals surface area contributed by atoms with Crippen molar-refractivity contribution in [1.82, 2.24) is 19.4 Å². The van der Waals surface area contributed by atoms with Gasteiger partial charge in [0.05, 0.1) is 16.5 Å². The van der Waals surface area contributed by atoms with Crippen LogP contribution in [-0.4, -0.2) is 25.3 Å². The lowest BCUT2D eigenvalue weighted by Gasteiger charge is -2.15. The normalized spacial score (nSPS) is 14.9. The monoisotopic (exact) mass is 404 g/mol. The summed E-state index contributed by atoms with van der Waals surface area (Å²) >= 11 is 1.75. The van der Waals surface area contributed by atoms with Gasteiger partial charge in [0, 0.05) is 17.5 Å². The molecule has 1 amide bonds. The van der Waals surface area contributed by atoms with Crippen LogP contribution in [0.5, 0.6) is 0 Å². The van der Waals surface area contributed by atoms with Gasteiger partial charge in [0.25, 0.3) is 0 Å². The van der Waals surface area contributed by atoms with Crippen LogP contribution in [0.2, 0.25) is 0 Å². The van der Waals surface area contributed by atoms with Gasteiger partial charge >= 0.3 is 0 Å². The molecule has 0 aromatic carbocycles. The molecular formula is C21H20N6OS. The molecular weight excluding hydrogens is 384 g/mol. The molecule has 7 nitrogen and oxygen atoms in total. The topological polar surface area (TPSA) is 98.2 Å². The highest BCUT2D eigenvalue weighted by molar-refractivity contribution is 7.09. The lowest BCUT2D eigenvalue weighted by Crippen LogP contribution is -2.27. The van der Waals surface area contributed by atoms with Gasteiger partial charge in [-0.05, 0) is 43.8 Å². The molecule has 0 saturated carbocycles. The molecule has 4 aromatic heterocycles. The highest BCUT2D eigenvalue weighted by atomic mass is 32.1. The minimum atomic E-state index is -0.750. The van der Waals surface area contributed by atoms with Gasteiger partial charge in [-0.3, -0.25) is 4.79 Å². The lowest BCUT2D eigenvalue weighted by molar-refractivity contribution is -0.119. The number of nitrogens with two attached hydrogens (primary N) is 1. The Labute approximate surface area is 171 Å². The molecule has 29 heavy (non-hydrogen) atoms. The van der Waals surface area contributed by atoms with E-state index in [1.807, 2.05) is 38.2 Å². The van der Waals surface area contributed by atoms with Gasteiger partial charge in [0.15, 0.2) is 5.82 Å². The first-order chi connectivity index (χ1) is 13.9. The number of nitrogens with one attached hydrogen (secondary N) is 1. The summed E-state index contributed by atoms with van der Waals surface area (Å²) < 4.78 is 2.07. The van der Waals surface area contributed by atoms with E-state index in [0.29, 0.717) is 28.7 Å². The third-order valence-corrected chi connectivity index (χ3v) is 6.31. The maximum absolute atomic E-state index is 12.3. The van der Waals surface area contributed by atoms with Crippen molar-refractivity contribution in [3.05, 3.63) is 58.2 Å². The second-order valence-electron chi connectivity index (χ2n) is 7.65. The zero-order chi connectivity index (χ0) is 20.2. The molecule has 0 radical (unpaired) electrons. The Bertz CT molecular complexity index is 1240. The number of aryl methyl sites for hydroxylation is 2. The highest BCUT2D eigenvalue weighted by Crippen LogP contribution is 2.40. The summed E-state index contributed by atoms with van der Waals surface area (Å²) in [6.45, 7) is 3.64. The summed E-state index contributed by atoms with van der Waals surface area (Å²) in [4.78, 5) is 27.6. The summed E-state index contributed by atoms with van der Waals surface area (Å²) in [7, 11) is 0. The Morgan fingerprint density at radius 2 is 2.00 bits per heavy atom. The number of imidazole rings is 1. The number of thiophene rings is 1. The Kier molecular flexibility index (Phi) is 3.92. The summed E-state index contributed by atoms with van der Waals surface area (Å²) in [5.74, 6) is 2.02. The van der Waals surface area contributed by atoms with Crippen molar-refractivity contribution >= 4 is 34.4 Å². The standard InChI is InChI=1S/C21H20N6OS/c1-21(2)15-17(22)24-19(25-18(15)26-20(21)28)16-13-7-3-4-10-27(13)14(23-16)9-8-12-6-5-11-29-12/h3-7,10-11H,8-9H2,1-2H3,(H3,22,24,25,26,28). The van der Waals surface area contributed by atoms with Crippen LogP contribution in [0.25, 0.3) is 17.0 Å². The quantitative estimate of drug-likeness (QED) is 0.543. The molecule has 0 bridgehead atoms. The lowest BCUT2D eigenvalue weighted by atomic mass is 9.87. The molecule has 0 aliphatic carbocycles. The molecule has 5 rings (SSSR count).